The van der Waals surface area contributed by atoms with E-state index in [1.54, 1.807) is 6.21 Å². The van der Waals surface area contributed by atoms with Crippen LogP contribution in [0.3, 0.4) is 0 Å². The van der Waals surface area contributed by atoms with E-state index in [-0.39, 0.29) is 12.9 Å². The van der Waals surface area contributed by atoms with Gasteiger partial charge in [0, 0.05) is 24.1 Å². The standard InChI is InChI=1S/C21H23N3O4S/c1-3-25-18-8-15-6-13(2)28-19(15)9-16(18)11-23-24-21(29)22-10-14-4-5-17-20(7-14)27-12-26-17/h4-5,7-9,11,13H,3,6,10,12H2,1-2H3,(H2,22,24,29)/b23-11-/t13-/m1/s1. The van der Waals surface area contributed by atoms with E-state index in [1.807, 2.05) is 37.3 Å². The van der Waals surface area contributed by atoms with Crippen molar-refractivity contribution in [1.29, 1.82) is 0 Å². The molecule has 2 aromatic carbocycles. The highest BCUT2D eigenvalue weighted by Crippen LogP contribution is 2.34. The second-order valence-electron chi connectivity index (χ2n) is 6.80. The van der Waals surface area contributed by atoms with Gasteiger partial charge < -0.3 is 24.3 Å². The SMILES string of the molecule is CCOc1cc2c(cc1/C=N\NC(=S)NCc1ccc3c(c1)OCO3)O[C@H](C)C2. The molecule has 2 N–H and O–H groups in total. The van der Waals surface area contributed by atoms with E-state index in [0.717, 1.165) is 46.1 Å². The van der Waals surface area contributed by atoms with Crippen molar-refractivity contribution in [3.8, 4) is 23.0 Å². The summed E-state index contributed by atoms with van der Waals surface area (Å²) in [4.78, 5) is 0. The summed E-state index contributed by atoms with van der Waals surface area (Å²) in [6, 6.07) is 9.77. The number of nitrogens with one attached hydrogen (secondary N) is 2. The molecule has 0 saturated heterocycles. The van der Waals surface area contributed by atoms with Gasteiger partial charge in [0.05, 0.1) is 12.8 Å². The van der Waals surface area contributed by atoms with Crippen LogP contribution < -0.4 is 29.7 Å². The van der Waals surface area contributed by atoms with E-state index in [1.165, 1.54) is 0 Å². The second kappa shape index (κ2) is 8.57. The molecule has 0 radical (unpaired) electrons. The summed E-state index contributed by atoms with van der Waals surface area (Å²) in [6.07, 6.45) is 2.75. The lowest BCUT2D eigenvalue weighted by molar-refractivity contribution is 0.174. The van der Waals surface area contributed by atoms with Crippen molar-refractivity contribution in [1.82, 2.24) is 10.7 Å². The molecule has 7 nitrogen and oxygen atoms in total. The minimum Gasteiger partial charge on any atom is -0.493 e. The lowest BCUT2D eigenvalue weighted by Gasteiger charge is -2.10. The van der Waals surface area contributed by atoms with Crippen LogP contribution in [0.1, 0.15) is 30.5 Å². The van der Waals surface area contributed by atoms with E-state index < -0.39 is 0 Å². The Bertz CT molecular complexity index is 948. The Morgan fingerprint density at radius 1 is 1.24 bits per heavy atom. The van der Waals surface area contributed by atoms with Gasteiger partial charge in [0.15, 0.2) is 16.6 Å². The first-order valence-corrected chi connectivity index (χ1v) is 9.95. The highest BCUT2D eigenvalue weighted by atomic mass is 32.1. The van der Waals surface area contributed by atoms with Crippen LogP contribution in [-0.2, 0) is 13.0 Å². The maximum Gasteiger partial charge on any atom is 0.231 e. The van der Waals surface area contributed by atoms with Crippen LogP contribution in [0, 0.1) is 0 Å². The van der Waals surface area contributed by atoms with Crippen LogP contribution in [0.25, 0.3) is 0 Å². The summed E-state index contributed by atoms with van der Waals surface area (Å²) in [5.74, 6) is 3.18. The van der Waals surface area contributed by atoms with Crippen LogP contribution in [0.5, 0.6) is 23.0 Å². The zero-order valence-electron chi connectivity index (χ0n) is 16.4. The molecule has 2 heterocycles. The second-order valence-corrected chi connectivity index (χ2v) is 7.21. The first-order valence-electron chi connectivity index (χ1n) is 9.54. The van der Waals surface area contributed by atoms with Gasteiger partial charge in [-0.05, 0) is 55.9 Å². The smallest absolute Gasteiger partial charge is 0.231 e. The van der Waals surface area contributed by atoms with E-state index in [2.05, 4.69) is 22.8 Å². The zero-order valence-corrected chi connectivity index (χ0v) is 17.2. The number of hydrogen-bond donors (Lipinski definition) is 2. The van der Waals surface area contributed by atoms with Crippen molar-refractivity contribution in [3.05, 3.63) is 47.0 Å². The number of benzene rings is 2. The van der Waals surface area contributed by atoms with Crippen molar-refractivity contribution < 1.29 is 18.9 Å². The Hall–Kier alpha value is -3.00. The molecule has 0 aromatic heterocycles. The van der Waals surface area contributed by atoms with Crippen molar-refractivity contribution in [3.63, 3.8) is 0 Å². The molecule has 0 unspecified atom stereocenters. The molecule has 0 bridgehead atoms. The molecular weight excluding hydrogens is 390 g/mol. The monoisotopic (exact) mass is 413 g/mol. The minimum absolute atomic E-state index is 0.178. The Labute approximate surface area is 175 Å². The molecule has 2 aliphatic heterocycles. The third kappa shape index (κ3) is 4.54. The van der Waals surface area contributed by atoms with E-state index in [9.17, 15) is 0 Å². The number of thiocarbonyl (C=S) groups is 1. The first-order chi connectivity index (χ1) is 14.1. The first kappa shape index (κ1) is 19.3. The molecule has 2 aromatic rings. The van der Waals surface area contributed by atoms with Gasteiger partial charge in [0.25, 0.3) is 0 Å². The topological polar surface area (TPSA) is 73.3 Å². The fourth-order valence-corrected chi connectivity index (χ4v) is 3.39. The summed E-state index contributed by atoms with van der Waals surface area (Å²) in [5, 5.41) is 7.78. The van der Waals surface area contributed by atoms with Crippen molar-refractivity contribution >= 4 is 23.5 Å². The third-order valence-corrected chi connectivity index (χ3v) is 4.82. The Morgan fingerprint density at radius 3 is 2.97 bits per heavy atom. The van der Waals surface area contributed by atoms with Gasteiger partial charge in [-0.3, -0.25) is 5.43 Å². The number of hydrazone groups is 1. The average Bonchev–Trinajstić information content (AvgIpc) is 3.31. The van der Waals surface area contributed by atoms with Crippen molar-refractivity contribution in [2.75, 3.05) is 13.4 Å². The Morgan fingerprint density at radius 2 is 2.10 bits per heavy atom. The summed E-state index contributed by atoms with van der Waals surface area (Å²) < 4.78 is 22.3. The highest BCUT2D eigenvalue weighted by Gasteiger charge is 2.21. The van der Waals surface area contributed by atoms with Crippen LogP contribution >= 0.6 is 12.2 Å². The summed E-state index contributed by atoms with van der Waals surface area (Å²) in [7, 11) is 0. The summed E-state index contributed by atoms with van der Waals surface area (Å²) in [6.45, 7) is 5.41. The molecular formula is C21H23N3O4S. The number of fused-ring (bicyclic) bond motifs is 2. The summed E-state index contributed by atoms with van der Waals surface area (Å²) >= 11 is 5.30. The van der Waals surface area contributed by atoms with Gasteiger partial charge in [-0.1, -0.05) is 6.07 Å². The number of hydrogen-bond acceptors (Lipinski definition) is 6. The predicted molar refractivity (Wildman–Crippen MR) is 114 cm³/mol. The molecule has 8 heteroatoms. The number of rotatable bonds is 6. The lowest BCUT2D eigenvalue weighted by Crippen LogP contribution is -2.31. The Balaban J connectivity index is 1.35. The third-order valence-electron chi connectivity index (χ3n) is 4.59. The predicted octanol–water partition coefficient (Wildman–Crippen LogP) is 3.14. The van der Waals surface area contributed by atoms with E-state index in [4.69, 9.17) is 31.2 Å². The maximum atomic E-state index is 5.83. The van der Waals surface area contributed by atoms with Gasteiger partial charge in [0.1, 0.15) is 17.6 Å². The Kier molecular flexibility index (Phi) is 5.71. The molecule has 0 amide bonds. The minimum atomic E-state index is 0.178. The molecule has 1 atom stereocenters. The lowest BCUT2D eigenvalue weighted by atomic mass is 10.1. The molecule has 0 saturated carbocycles. The normalized spacial score (nSPS) is 16.4. The van der Waals surface area contributed by atoms with Gasteiger partial charge in [-0.25, -0.2) is 0 Å². The molecule has 0 aliphatic carbocycles. The van der Waals surface area contributed by atoms with E-state index >= 15 is 0 Å². The van der Waals surface area contributed by atoms with Crippen LogP contribution in [0.15, 0.2) is 35.4 Å². The van der Waals surface area contributed by atoms with Gasteiger partial charge in [-0.15, -0.1) is 0 Å². The van der Waals surface area contributed by atoms with Crippen LogP contribution in [0.2, 0.25) is 0 Å². The molecule has 0 fully saturated rings. The fourth-order valence-electron chi connectivity index (χ4n) is 3.27. The number of ether oxygens (including phenoxy) is 4. The maximum absolute atomic E-state index is 5.83. The molecule has 0 spiro atoms. The molecule has 4 rings (SSSR count). The largest absolute Gasteiger partial charge is 0.493 e. The number of nitrogens with zero attached hydrogens (tertiary/aromatic N) is 1. The van der Waals surface area contributed by atoms with Crippen molar-refractivity contribution in [2.24, 2.45) is 5.10 Å². The van der Waals surface area contributed by atoms with Crippen molar-refractivity contribution in [2.45, 2.75) is 32.9 Å². The molecule has 29 heavy (non-hydrogen) atoms. The molecule has 152 valence electrons. The van der Waals surface area contributed by atoms with Gasteiger partial charge in [-0.2, -0.15) is 5.10 Å². The van der Waals surface area contributed by atoms with E-state index in [0.29, 0.717) is 18.3 Å². The van der Waals surface area contributed by atoms with Crippen LogP contribution in [0.4, 0.5) is 0 Å². The highest BCUT2D eigenvalue weighted by molar-refractivity contribution is 7.80. The van der Waals surface area contributed by atoms with Gasteiger partial charge in [0.2, 0.25) is 6.79 Å². The quantitative estimate of drug-likeness (QED) is 0.428. The average molecular weight is 413 g/mol. The summed E-state index contributed by atoms with van der Waals surface area (Å²) in [5.41, 5.74) is 5.87. The van der Waals surface area contributed by atoms with Crippen LogP contribution in [-0.4, -0.2) is 30.8 Å². The zero-order chi connectivity index (χ0) is 20.2. The fraction of sp³-hybridized carbons (Fsp3) is 0.333. The molecule has 2 aliphatic rings. The van der Waals surface area contributed by atoms with Gasteiger partial charge >= 0.3 is 0 Å².